The number of nitrogens with zero attached hydrogens (tertiary/aromatic N) is 1. The maximum atomic E-state index is 12.6. The van der Waals surface area contributed by atoms with Crippen molar-refractivity contribution < 1.29 is 18.0 Å². The Morgan fingerprint density at radius 3 is 2.37 bits per heavy atom. The number of nitrogens with one attached hydrogen (secondary N) is 1. The monoisotopic (exact) mass is 280 g/mol. The maximum Gasteiger partial charge on any atom is 0.406 e. The number of carbonyl (C=O) groups excluding carboxylic acids is 1. The number of carbonyl (C=O) groups is 1. The lowest BCUT2D eigenvalue weighted by molar-refractivity contribution is -0.165. The first kappa shape index (κ1) is 16.3. The second-order valence-electron chi connectivity index (χ2n) is 5.41. The molecule has 1 saturated carbocycles. The molecule has 0 bridgehead atoms. The zero-order chi connectivity index (χ0) is 14.6. The predicted molar refractivity (Wildman–Crippen MR) is 67.7 cm³/mol. The van der Waals surface area contributed by atoms with Gasteiger partial charge in [-0.2, -0.15) is 13.2 Å². The van der Waals surface area contributed by atoms with E-state index < -0.39 is 18.6 Å². The molecule has 3 nitrogen and oxygen atoms in total. The highest BCUT2D eigenvalue weighted by Gasteiger charge is 2.40. The molecule has 0 aliphatic heterocycles. The van der Waals surface area contributed by atoms with Crippen LogP contribution in [0.1, 0.15) is 40.0 Å². The Morgan fingerprint density at radius 1 is 1.37 bits per heavy atom. The van der Waals surface area contributed by atoms with Crippen molar-refractivity contribution in [2.45, 2.75) is 58.3 Å². The van der Waals surface area contributed by atoms with Gasteiger partial charge in [0.25, 0.3) is 0 Å². The number of rotatable bonds is 7. The summed E-state index contributed by atoms with van der Waals surface area (Å²) >= 11 is 0. The van der Waals surface area contributed by atoms with Crippen LogP contribution in [0, 0.1) is 5.92 Å². The van der Waals surface area contributed by atoms with Crippen LogP contribution in [0.15, 0.2) is 0 Å². The average molecular weight is 280 g/mol. The van der Waals surface area contributed by atoms with Gasteiger partial charge in [0.15, 0.2) is 0 Å². The summed E-state index contributed by atoms with van der Waals surface area (Å²) in [5, 5.41) is 2.95. The van der Waals surface area contributed by atoms with Crippen molar-refractivity contribution in [3.8, 4) is 0 Å². The molecule has 1 fully saturated rings. The molecule has 1 amide bonds. The molecule has 112 valence electrons. The van der Waals surface area contributed by atoms with E-state index in [4.69, 9.17) is 0 Å². The molecule has 0 aromatic rings. The Kier molecular flexibility index (Phi) is 5.64. The molecule has 1 N–H and O–H groups in total. The maximum absolute atomic E-state index is 12.6. The molecular formula is C13H23F3N2O. The summed E-state index contributed by atoms with van der Waals surface area (Å²) in [4.78, 5) is 13.0. The van der Waals surface area contributed by atoms with E-state index in [0.29, 0.717) is 0 Å². The highest BCUT2D eigenvalue weighted by molar-refractivity contribution is 5.78. The van der Waals surface area contributed by atoms with Crippen LogP contribution in [0.5, 0.6) is 0 Å². The van der Waals surface area contributed by atoms with Gasteiger partial charge in [0.2, 0.25) is 5.91 Å². The first-order valence-electron chi connectivity index (χ1n) is 6.84. The van der Waals surface area contributed by atoms with Gasteiger partial charge in [0, 0.05) is 12.1 Å². The summed E-state index contributed by atoms with van der Waals surface area (Å²) in [6.07, 6.45) is -1.66. The number of hydrogen-bond donors (Lipinski definition) is 1. The Hall–Kier alpha value is -0.780. The van der Waals surface area contributed by atoms with Crippen molar-refractivity contribution in [2.75, 3.05) is 13.1 Å². The highest BCUT2D eigenvalue weighted by atomic mass is 19.4. The lowest BCUT2D eigenvalue weighted by Crippen LogP contribution is -2.49. The normalized spacial score (nSPS) is 19.1. The third-order valence-electron chi connectivity index (χ3n) is 3.68. The van der Waals surface area contributed by atoms with Gasteiger partial charge in [0.1, 0.15) is 6.54 Å². The number of amides is 1. The third-order valence-corrected chi connectivity index (χ3v) is 3.68. The highest BCUT2D eigenvalue weighted by Crippen LogP contribution is 2.36. The van der Waals surface area contributed by atoms with Crippen LogP contribution in [0.4, 0.5) is 13.2 Å². The van der Waals surface area contributed by atoms with Gasteiger partial charge in [-0.3, -0.25) is 4.79 Å². The van der Waals surface area contributed by atoms with Gasteiger partial charge in [-0.25, -0.2) is 0 Å². The fourth-order valence-corrected chi connectivity index (χ4v) is 1.99. The number of alkyl halides is 3. The van der Waals surface area contributed by atoms with Crippen molar-refractivity contribution in [3.05, 3.63) is 0 Å². The fourth-order valence-electron chi connectivity index (χ4n) is 1.99. The molecular weight excluding hydrogens is 257 g/mol. The third kappa shape index (κ3) is 5.80. The fraction of sp³-hybridized carbons (Fsp3) is 0.923. The molecule has 0 aromatic carbocycles. The molecule has 1 aliphatic rings. The van der Waals surface area contributed by atoms with Crippen LogP contribution < -0.4 is 5.32 Å². The Labute approximate surface area is 112 Å². The van der Waals surface area contributed by atoms with Crippen molar-refractivity contribution in [2.24, 2.45) is 5.92 Å². The minimum absolute atomic E-state index is 0.0256. The van der Waals surface area contributed by atoms with E-state index in [1.165, 1.54) is 0 Å². The minimum Gasteiger partial charge on any atom is -0.330 e. The second-order valence-corrected chi connectivity index (χ2v) is 5.41. The lowest BCUT2D eigenvalue weighted by Gasteiger charge is -2.30. The standard InChI is InChI=1S/C13H23F3N2O/c1-4-9(2)17-7-12(19)18(8-13(14,15)16)10(3)11-5-6-11/h9-11,17H,4-8H2,1-3H3. The smallest absolute Gasteiger partial charge is 0.330 e. The minimum atomic E-state index is -4.34. The van der Waals surface area contributed by atoms with Gasteiger partial charge in [-0.05, 0) is 39.0 Å². The largest absolute Gasteiger partial charge is 0.406 e. The van der Waals surface area contributed by atoms with E-state index >= 15 is 0 Å². The van der Waals surface area contributed by atoms with Crippen LogP contribution in [-0.2, 0) is 4.79 Å². The number of hydrogen-bond acceptors (Lipinski definition) is 2. The van der Waals surface area contributed by atoms with Gasteiger partial charge in [-0.15, -0.1) is 0 Å². The molecule has 2 unspecified atom stereocenters. The summed E-state index contributed by atoms with van der Waals surface area (Å²) in [6.45, 7) is 4.41. The second kappa shape index (κ2) is 6.59. The first-order valence-corrected chi connectivity index (χ1v) is 6.84. The molecule has 1 aliphatic carbocycles. The summed E-state index contributed by atoms with van der Waals surface area (Å²) < 4.78 is 37.7. The first-order chi connectivity index (χ1) is 8.74. The van der Waals surface area contributed by atoms with Crippen molar-refractivity contribution in [1.29, 1.82) is 0 Å². The molecule has 0 saturated heterocycles. The molecule has 19 heavy (non-hydrogen) atoms. The van der Waals surface area contributed by atoms with Crippen molar-refractivity contribution in [1.82, 2.24) is 10.2 Å². The summed E-state index contributed by atoms with van der Waals surface area (Å²) in [7, 11) is 0. The van der Waals surface area contributed by atoms with E-state index in [1.807, 2.05) is 13.8 Å². The van der Waals surface area contributed by atoms with Crippen LogP contribution in [-0.4, -0.2) is 42.2 Å². The molecule has 0 radical (unpaired) electrons. The molecule has 0 spiro atoms. The average Bonchev–Trinajstić information content (AvgIpc) is 3.14. The molecule has 1 rings (SSSR count). The molecule has 2 atom stereocenters. The van der Waals surface area contributed by atoms with E-state index in [0.717, 1.165) is 24.2 Å². The van der Waals surface area contributed by atoms with Gasteiger partial charge in [-0.1, -0.05) is 6.92 Å². The predicted octanol–water partition coefficient (Wildman–Crippen LogP) is 2.56. The summed E-state index contributed by atoms with van der Waals surface area (Å²) in [5.41, 5.74) is 0. The van der Waals surface area contributed by atoms with E-state index in [1.54, 1.807) is 6.92 Å². The summed E-state index contributed by atoms with van der Waals surface area (Å²) in [6, 6.07) is -0.194. The van der Waals surface area contributed by atoms with Crippen LogP contribution in [0.25, 0.3) is 0 Å². The van der Waals surface area contributed by atoms with Gasteiger partial charge < -0.3 is 10.2 Å². The van der Waals surface area contributed by atoms with Crippen LogP contribution in [0.2, 0.25) is 0 Å². The molecule has 0 heterocycles. The Morgan fingerprint density at radius 2 is 1.95 bits per heavy atom. The van der Waals surface area contributed by atoms with Gasteiger partial charge in [0.05, 0.1) is 6.54 Å². The van der Waals surface area contributed by atoms with E-state index in [9.17, 15) is 18.0 Å². The number of halogens is 3. The Bertz CT molecular complexity index is 303. The lowest BCUT2D eigenvalue weighted by atomic mass is 10.1. The van der Waals surface area contributed by atoms with E-state index in [2.05, 4.69) is 5.32 Å². The Balaban J connectivity index is 2.58. The summed E-state index contributed by atoms with van der Waals surface area (Å²) in [5.74, 6) is -0.230. The topological polar surface area (TPSA) is 32.3 Å². The van der Waals surface area contributed by atoms with E-state index in [-0.39, 0.29) is 24.5 Å². The SMILES string of the molecule is CCC(C)NCC(=O)N(CC(F)(F)F)C(C)C1CC1. The zero-order valence-corrected chi connectivity index (χ0v) is 11.8. The quantitative estimate of drug-likeness (QED) is 0.777. The van der Waals surface area contributed by atoms with Crippen molar-refractivity contribution in [3.63, 3.8) is 0 Å². The van der Waals surface area contributed by atoms with Crippen molar-refractivity contribution >= 4 is 5.91 Å². The molecule has 0 aromatic heterocycles. The zero-order valence-electron chi connectivity index (χ0n) is 11.8. The van der Waals surface area contributed by atoms with Gasteiger partial charge >= 0.3 is 6.18 Å². The molecule has 6 heteroatoms. The van der Waals surface area contributed by atoms with Crippen LogP contribution in [0.3, 0.4) is 0 Å². The van der Waals surface area contributed by atoms with Crippen LogP contribution >= 0.6 is 0 Å².